The van der Waals surface area contributed by atoms with Crippen molar-refractivity contribution < 1.29 is 14.3 Å². The number of nitrogens with zero attached hydrogens (tertiary/aromatic N) is 1. The molecule has 1 heterocycles. The second kappa shape index (κ2) is 4.35. The zero-order valence-electron chi connectivity index (χ0n) is 7.19. The van der Waals surface area contributed by atoms with Crippen LogP contribution in [0.5, 0.6) is 0 Å². The quantitative estimate of drug-likeness (QED) is 0.514. The molecular formula is C9H9NO3. The van der Waals surface area contributed by atoms with E-state index < -0.39 is 5.97 Å². The summed E-state index contributed by atoms with van der Waals surface area (Å²) in [5.41, 5.74) is 0.574. The van der Waals surface area contributed by atoms with Crippen LogP contribution in [0.3, 0.4) is 0 Å². The minimum atomic E-state index is -0.437. The van der Waals surface area contributed by atoms with Gasteiger partial charge in [0.25, 0.3) is 0 Å². The van der Waals surface area contributed by atoms with Crippen molar-refractivity contribution in [2.75, 3.05) is 6.61 Å². The monoisotopic (exact) mass is 179 g/mol. The van der Waals surface area contributed by atoms with E-state index in [1.54, 1.807) is 6.92 Å². The van der Waals surface area contributed by atoms with Gasteiger partial charge in [0.15, 0.2) is 6.29 Å². The van der Waals surface area contributed by atoms with Gasteiger partial charge in [-0.05, 0) is 19.1 Å². The Hall–Kier alpha value is -1.71. The number of ether oxygens (including phenoxy) is 1. The highest BCUT2D eigenvalue weighted by atomic mass is 16.5. The lowest BCUT2D eigenvalue weighted by Gasteiger charge is -2.00. The molecule has 0 N–H and O–H groups in total. The van der Waals surface area contributed by atoms with E-state index in [4.69, 9.17) is 4.74 Å². The SMILES string of the molecule is CCOC(=O)c1ccnc(C=O)c1. The maximum absolute atomic E-state index is 11.1. The molecule has 0 aliphatic rings. The highest BCUT2D eigenvalue weighted by Gasteiger charge is 2.06. The number of carbonyl (C=O) groups is 2. The van der Waals surface area contributed by atoms with E-state index in [1.165, 1.54) is 18.3 Å². The normalized spacial score (nSPS) is 9.31. The second-order valence-corrected chi connectivity index (χ2v) is 2.31. The molecule has 1 aromatic heterocycles. The Bertz CT molecular complexity index is 322. The fourth-order valence-electron chi connectivity index (χ4n) is 0.854. The minimum absolute atomic E-state index is 0.227. The van der Waals surface area contributed by atoms with Crippen LogP contribution in [0.25, 0.3) is 0 Å². The molecule has 0 fully saturated rings. The molecule has 0 aromatic carbocycles. The standard InChI is InChI=1S/C9H9NO3/c1-2-13-9(12)7-3-4-10-8(5-7)6-11/h3-6H,2H2,1H3. The smallest absolute Gasteiger partial charge is 0.338 e. The average molecular weight is 179 g/mol. The van der Waals surface area contributed by atoms with Crippen LogP contribution in [-0.4, -0.2) is 23.8 Å². The summed E-state index contributed by atoms with van der Waals surface area (Å²) < 4.78 is 4.74. The third-order valence-electron chi connectivity index (χ3n) is 1.41. The van der Waals surface area contributed by atoms with Gasteiger partial charge < -0.3 is 4.74 Å². The summed E-state index contributed by atoms with van der Waals surface area (Å²) in [4.78, 5) is 25.2. The highest BCUT2D eigenvalue weighted by Crippen LogP contribution is 2.01. The summed E-state index contributed by atoms with van der Waals surface area (Å²) in [6, 6.07) is 2.90. The number of aromatic nitrogens is 1. The fraction of sp³-hybridized carbons (Fsp3) is 0.222. The van der Waals surface area contributed by atoms with Gasteiger partial charge in [-0.2, -0.15) is 0 Å². The van der Waals surface area contributed by atoms with Crippen LogP contribution in [0.15, 0.2) is 18.3 Å². The van der Waals surface area contributed by atoms with Crippen LogP contribution in [0.4, 0.5) is 0 Å². The van der Waals surface area contributed by atoms with Gasteiger partial charge in [-0.15, -0.1) is 0 Å². The maximum atomic E-state index is 11.1. The first kappa shape index (κ1) is 9.38. The third-order valence-corrected chi connectivity index (χ3v) is 1.41. The Morgan fingerprint density at radius 2 is 2.46 bits per heavy atom. The van der Waals surface area contributed by atoms with Crippen molar-refractivity contribution in [3.05, 3.63) is 29.6 Å². The molecule has 4 heteroatoms. The largest absolute Gasteiger partial charge is 0.462 e. The molecule has 68 valence electrons. The van der Waals surface area contributed by atoms with Gasteiger partial charge in [-0.3, -0.25) is 9.78 Å². The summed E-state index contributed by atoms with van der Waals surface area (Å²) in [5, 5.41) is 0. The van der Waals surface area contributed by atoms with E-state index in [0.717, 1.165) is 0 Å². The summed E-state index contributed by atoms with van der Waals surface area (Å²) >= 11 is 0. The number of aldehydes is 1. The highest BCUT2D eigenvalue weighted by molar-refractivity contribution is 5.90. The first-order valence-corrected chi connectivity index (χ1v) is 3.86. The first-order chi connectivity index (χ1) is 6.27. The number of rotatable bonds is 3. The molecule has 1 aromatic rings. The summed E-state index contributed by atoms with van der Waals surface area (Å²) in [7, 11) is 0. The lowest BCUT2D eigenvalue weighted by Crippen LogP contribution is -2.05. The van der Waals surface area contributed by atoms with Crippen LogP contribution in [0, 0.1) is 0 Å². The van der Waals surface area contributed by atoms with E-state index in [2.05, 4.69) is 4.98 Å². The van der Waals surface area contributed by atoms with Crippen LogP contribution >= 0.6 is 0 Å². The van der Waals surface area contributed by atoms with Crippen molar-refractivity contribution in [1.29, 1.82) is 0 Å². The number of esters is 1. The molecule has 0 bridgehead atoms. The molecule has 1 rings (SSSR count). The average Bonchev–Trinajstić information content (AvgIpc) is 2.18. The Labute approximate surface area is 75.5 Å². The number of pyridine rings is 1. The van der Waals surface area contributed by atoms with Gasteiger partial charge in [0.1, 0.15) is 5.69 Å². The van der Waals surface area contributed by atoms with Gasteiger partial charge >= 0.3 is 5.97 Å². The lowest BCUT2D eigenvalue weighted by atomic mass is 10.2. The van der Waals surface area contributed by atoms with E-state index in [1.807, 2.05) is 0 Å². The minimum Gasteiger partial charge on any atom is -0.462 e. The first-order valence-electron chi connectivity index (χ1n) is 3.86. The van der Waals surface area contributed by atoms with Crippen LogP contribution < -0.4 is 0 Å². The van der Waals surface area contributed by atoms with Gasteiger partial charge in [0.2, 0.25) is 0 Å². The zero-order chi connectivity index (χ0) is 9.68. The zero-order valence-corrected chi connectivity index (χ0v) is 7.19. The van der Waals surface area contributed by atoms with E-state index in [-0.39, 0.29) is 5.69 Å². The number of hydrogen-bond donors (Lipinski definition) is 0. The summed E-state index contributed by atoms with van der Waals surface area (Å²) in [6.45, 7) is 2.04. The van der Waals surface area contributed by atoms with Crippen molar-refractivity contribution in [3.63, 3.8) is 0 Å². The molecule has 0 spiro atoms. The maximum Gasteiger partial charge on any atom is 0.338 e. The molecule has 0 aliphatic carbocycles. The topological polar surface area (TPSA) is 56.3 Å². The van der Waals surface area contributed by atoms with E-state index in [0.29, 0.717) is 18.5 Å². The molecule has 0 saturated carbocycles. The molecule has 0 atom stereocenters. The van der Waals surface area contributed by atoms with Gasteiger partial charge in [0, 0.05) is 6.20 Å². The molecular weight excluding hydrogens is 170 g/mol. The summed E-state index contributed by atoms with van der Waals surface area (Å²) in [6.07, 6.45) is 1.98. The molecule has 0 unspecified atom stereocenters. The molecule has 0 radical (unpaired) electrons. The van der Waals surface area contributed by atoms with Crippen molar-refractivity contribution >= 4 is 12.3 Å². The van der Waals surface area contributed by atoms with E-state index >= 15 is 0 Å². The Morgan fingerprint density at radius 1 is 1.69 bits per heavy atom. The van der Waals surface area contributed by atoms with Crippen LogP contribution in [0.1, 0.15) is 27.8 Å². The van der Waals surface area contributed by atoms with Crippen LogP contribution in [-0.2, 0) is 4.74 Å². The van der Waals surface area contributed by atoms with Crippen molar-refractivity contribution in [3.8, 4) is 0 Å². The fourth-order valence-corrected chi connectivity index (χ4v) is 0.854. The van der Waals surface area contributed by atoms with Crippen molar-refractivity contribution in [1.82, 2.24) is 4.98 Å². The molecule has 4 nitrogen and oxygen atoms in total. The van der Waals surface area contributed by atoms with Crippen molar-refractivity contribution in [2.24, 2.45) is 0 Å². The molecule has 0 saturated heterocycles. The van der Waals surface area contributed by atoms with Gasteiger partial charge in [-0.1, -0.05) is 0 Å². The Kier molecular flexibility index (Phi) is 3.14. The molecule has 0 aliphatic heterocycles. The lowest BCUT2D eigenvalue weighted by molar-refractivity contribution is 0.0526. The predicted octanol–water partition coefficient (Wildman–Crippen LogP) is 1.07. The molecule has 0 amide bonds. The molecule has 13 heavy (non-hydrogen) atoms. The van der Waals surface area contributed by atoms with Gasteiger partial charge in [-0.25, -0.2) is 4.79 Å². The van der Waals surface area contributed by atoms with Gasteiger partial charge in [0.05, 0.1) is 12.2 Å². The van der Waals surface area contributed by atoms with Crippen molar-refractivity contribution in [2.45, 2.75) is 6.92 Å². The van der Waals surface area contributed by atoms with Crippen LogP contribution in [0.2, 0.25) is 0 Å². The Balaban J connectivity index is 2.88. The third kappa shape index (κ3) is 2.37. The summed E-state index contributed by atoms with van der Waals surface area (Å²) in [5.74, 6) is -0.437. The van der Waals surface area contributed by atoms with E-state index in [9.17, 15) is 9.59 Å². The predicted molar refractivity (Wildman–Crippen MR) is 45.6 cm³/mol. The second-order valence-electron chi connectivity index (χ2n) is 2.31. The number of carbonyl (C=O) groups excluding carboxylic acids is 2. The number of hydrogen-bond acceptors (Lipinski definition) is 4. The Morgan fingerprint density at radius 3 is 3.08 bits per heavy atom.